The van der Waals surface area contributed by atoms with E-state index in [1.165, 1.54) is 51.1 Å². The summed E-state index contributed by atoms with van der Waals surface area (Å²) in [5.74, 6) is -2.48. The fourth-order valence-electron chi connectivity index (χ4n) is 3.26. The summed E-state index contributed by atoms with van der Waals surface area (Å²) in [6, 6.07) is 2.94. The zero-order chi connectivity index (χ0) is 22.8. The lowest BCUT2D eigenvalue weighted by Crippen LogP contribution is -2.70. The van der Waals surface area contributed by atoms with E-state index < -0.39 is 29.3 Å². The number of aromatic nitrogens is 1. The minimum atomic E-state index is -1.21. The van der Waals surface area contributed by atoms with E-state index >= 15 is 0 Å². The van der Waals surface area contributed by atoms with Gasteiger partial charge in [-0.05, 0) is 11.4 Å². The van der Waals surface area contributed by atoms with E-state index in [0.29, 0.717) is 27.1 Å². The lowest BCUT2D eigenvalue weighted by molar-refractivity contribution is -0.150. The number of amides is 2. The van der Waals surface area contributed by atoms with Gasteiger partial charge in [0.25, 0.3) is 5.91 Å². The van der Waals surface area contributed by atoms with Gasteiger partial charge in [0.1, 0.15) is 17.1 Å². The summed E-state index contributed by atoms with van der Waals surface area (Å²) < 4.78 is 0.590. The third kappa shape index (κ3) is 4.85. The maximum Gasteiger partial charge on any atom is 0.353 e. The Morgan fingerprint density at radius 3 is 2.78 bits per heavy atom. The Bertz CT molecular complexity index is 1100. The third-order valence-corrected chi connectivity index (χ3v) is 9.11. The molecule has 0 bridgehead atoms. The summed E-state index contributed by atoms with van der Waals surface area (Å²) in [7, 11) is 0. The molecule has 3 N–H and O–H groups in total. The van der Waals surface area contributed by atoms with Gasteiger partial charge in [-0.3, -0.25) is 19.3 Å². The Labute approximate surface area is 198 Å². The number of carbonyl (C=O) groups is 4. The number of hydrogen-bond donors (Lipinski definition) is 3. The van der Waals surface area contributed by atoms with E-state index in [2.05, 4.69) is 10.3 Å². The maximum absolute atomic E-state index is 12.7. The molecule has 2 aliphatic heterocycles. The van der Waals surface area contributed by atoms with Crippen LogP contribution in [0.3, 0.4) is 0 Å². The van der Waals surface area contributed by atoms with Crippen LogP contribution in [0.2, 0.25) is 0 Å². The van der Waals surface area contributed by atoms with Crippen LogP contribution >= 0.6 is 46.2 Å². The first kappa shape index (κ1) is 22.8. The molecule has 0 aromatic carbocycles. The molecule has 4 rings (SSSR count). The van der Waals surface area contributed by atoms with E-state index in [9.17, 15) is 24.3 Å². The van der Waals surface area contributed by atoms with Crippen molar-refractivity contribution in [1.29, 1.82) is 0 Å². The summed E-state index contributed by atoms with van der Waals surface area (Å²) >= 11 is 5.33. The van der Waals surface area contributed by atoms with Crippen molar-refractivity contribution < 1.29 is 29.4 Å². The Morgan fingerprint density at radius 2 is 2.09 bits per heavy atom. The van der Waals surface area contributed by atoms with Crippen molar-refractivity contribution in [3.8, 4) is 0 Å². The standard InChI is InChI=1S/C19H17N3O6S4/c23-12(6-10-2-1-5-29-10)21-14-16(26)22-15(18(27)28)11(8-30-17(14)22)32-19-20-9(7-31-19)3-4-13(24)25/h1-2,5,7,14,17H,3-4,6,8H2,(H,21,23)(H,24,25)(H,27,28)/t14-,17-/m1/s1. The first-order chi connectivity index (χ1) is 15.3. The number of carboxylic acid groups (broad SMARTS) is 2. The van der Waals surface area contributed by atoms with Crippen LogP contribution in [-0.4, -0.2) is 61.0 Å². The Balaban J connectivity index is 1.44. The Kier molecular flexibility index (Phi) is 6.88. The predicted molar refractivity (Wildman–Crippen MR) is 122 cm³/mol. The molecule has 0 unspecified atom stereocenters. The van der Waals surface area contributed by atoms with Crippen molar-refractivity contribution in [3.63, 3.8) is 0 Å². The zero-order valence-corrected chi connectivity index (χ0v) is 19.6. The van der Waals surface area contributed by atoms with Crippen LogP contribution in [0.5, 0.6) is 0 Å². The maximum atomic E-state index is 12.7. The average Bonchev–Trinajstić information content (AvgIpc) is 3.42. The highest BCUT2D eigenvalue weighted by molar-refractivity contribution is 8.07. The lowest BCUT2D eigenvalue weighted by Gasteiger charge is -2.49. The van der Waals surface area contributed by atoms with Crippen LogP contribution in [0.15, 0.2) is 37.8 Å². The van der Waals surface area contributed by atoms with E-state index in [-0.39, 0.29) is 24.4 Å². The van der Waals surface area contributed by atoms with Gasteiger partial charge in [0.15, 0.2) is 4.34 Å². The molecule has 1 saturated heterocycles. The van der Waals surface area contributed by atoms with Gasteiger partial charge >= 0.3 is 11.9 Å². The Morgan fingerprint density at radius 1 is 1.28 bits per heavy atom. The van der Waals surface area contributed by atoms with E-state index in [1.54, 1.807) is 5.38 Å². The molecule has 32 heavy (non-hydrogen) atoms. The average molecular weight is 512 g/mol. The van der Waals surface area contributed by atoms with Crippen molar-refractivity contribution in [2.24, 2.45) is 0 Å². The number of thiazole rings is 1. The van der Waals surface area contributed by atoms with Crippen LogP contribution in [0.4, 0.5) is 0 Å². The SMILES string of the molecule is O=C(O)CCc1csc(SC2=C(C(=O)O)N3C(=O)[C@@H](NC(=O)Cc4cccs4)[C@H]3SC2)n1. The summed E-state index contributed by atoms with van der Waals surface area (Å²) in [6.07, 6.45) is 0.442. The molecule has 13 heteroatoms. The molecular formula is C19H17N3O6S4. The third-order valence-electron chi connectivity index (χ3n) is 4.70. The number of β-lactam (4-membered cyclic amide) rings is 1. The van der Waals surface area contributed by atoms with Crippen molar-refractivity contribution in [3.05, 3.63) is 44.1 Å². The highest BCUT2D eigenvalue weighted by atomic mass is 32.2. The number of thioether (sulfide) groups is 2. The fourth-order valence-corrected chi connectivity index (χ4v) is 7.47. The van der Waals surface area contributed by atoms with Crippen molar-refractivity contribution in [2.45, 2.75) is 35.0 Å². The van der Waals surface area contributed by atoms with Gasteiger partial charge in [-0.2, -0.15) is 0 Å². The zero-order valence-electron chi connectivity index (χ0n) is 16.3. The van der Waals surface area contributed by atoms with Gasteiger partial charge in [-0.1, -0.05) is 17.8 Å². The van der Waals surface area contributed by atoms with E-state index in [1.807, 2.05) is 17.5 Å². The number of aliphatic carboxylic acids is 2. The van der Waals surface area contributed by atoms with Gasteiger partial charge in [0, 0.05) is 27.3 Å². The van der Waals surface area contributed by atoms with Crippen LogP contribution in [0.25, 0.3) is 0 Å². The van der Waals surface area contributed by atoms with Crippen molar-refractivity contribution in [1.82, 2.24) is 15.2 Å². The molecule has 2 aromatic heterocycles. The van der Waals surface area contributed by atoms with Crippen molar-refractivity contribution in [2.75, 3.05) is 5.75 Å². The van der Waals surface area contributed by atoms with Gasteiger partial charge in [-0.25, -0.2) is 9.78 Å². The second kappa shape index (κ2) is 9.65. The molecule has 2 amide bonds. The summed E-state index contributed by atoms with van der Waals surface area (Å²) in [5.41, 5.74) is 0.544. The molecule has 1 fully saturated rings. The number of aryl methyl sites for hydroxylation is 1. The summed E-state index contributed by atoms with van der Waals surface area (Å²) in [5, 5.41) is 24.5. The van der Waals surface area contributed by atoms with Gasteiger partial charge in [-0.15, -0.1) is 34.4 Å². The lowest BCUT2D eigenvalue weighted by atomic mass is 10.0. The first-order valence-corrected chi connectivity index (χ1v) is 13.0. The molecular weight excluding hydrogens is 494 g/mol. The van der Waals surface area contributed by atoms with Crippen LogP contribution in [0.1, 0.15) is 17.0 Å². The van der Waals surface area contributed by atoms with Crippen LogP contribution in [0, 0.1) is 0 Å². The van der Waals surface area contributed by atoms with Gasteiger partial charge < -0.3 is 15.5 Å². The highest BCUT2D eigenvalue weighted by Gasteiger charge is 2.54. The molecule has 168 valence electrons. The van der Waals surface area contributed by atoms with Crippen LogP contribution < -0.4 is 5.32 Å². The minimum Gasteiger partial charge on any atom is -0.481 e. The molecule has 0 saturated carbocycles. The predicted octanol–water partition coefficient (Wildman–Crippen LogP) is 2.25. The smallest absolute Gasteiger partial charge is 0.353 e. The number of rotatable bonds is 9. The topological polar surface area (TPSA) is 137 Å². The quantitative estimate of drug-likeness (QED) is 0.433. The van der Waals surface area contributed by atoms with E-state index in [4.69, 9.17) is 5.11 Å². The summed E-state index contributed by atoms with van der Waals surface area (Å²) in [6.45, 7) is 0. The molecule has 0 spiro atoms. The van der Waals surface area contributed by atoms with Gasteiger partial charge in [0.2, 0.25) is 5.91 Å². The molecule has 4 heterocycles. The van der Waals surface area contributed by atoms with Crippen LogP contribution in [-0.2, 0) is 32.0 Å². The number of fused-ring (bicyclic) bond motifs is 1. The Hall–Kier alpha value is -2.35. The molecule has 0 radical (unpaired) electrons. The number of hydrogen-bond acceptors (Lipinski definition) is 9. The fraction of sp³-hybridized carbons (Fsp3) is 0.316. The van der Waals surface area contributed by atoms with E-state index in [0.717, 1.165) is 4.88 Å². The normalized spacial score (nSPS) is 20.0. The highest BCUT2D eigenvalue weighted by Crippen LogP contribution is 2.45. The molecule has 2 aromatic rings. The minimum absolute atomic E-state index is 0.0314. The number of carboxylic acids is 2. The second-order valence-corrected chi connectivity index (χ2v) is 11.2. The largest absolute Gasteiger partial charge is 0.481 e. The summed E-state index contributed by atoms with van der Waals surface area (Å²) in [4.78, 5) is 54.7. The second-order valence-electron chi connectivity index (χ2n) is 6.89. The number of thiophene rings is 1. The molecule has 2 aliphatic rings. The number of nitrogens with one attached hydrogen (secondary N) is 1. The first-order valence-electron chi connectivity index (χ1n) is 9.40. The van der Waals surface area contributed by atoms with Crippen molar-refractivity contribution >= 4 is 70.0 Å². The molecule has 0 aliphatic carbocycles. The number of nitrogens with zero attached hydrogens (tertiary/aromatic N) is 2. The monoisotopic (exact) mass is 511 g/mol. The number of carbonyl (C=O) groups excluding carboxylic acids is 2. The molecule has 2 atom stereocenters. The van der Waals surface area contributed by atoms with Gasteiger partial charge in [0.05, 0.1) is 18.5 Å². The molecule has 9 nitrogen and oxygen atoms in total.